The fourth-order valence-electron chi connectivity index (χ4n) is 2.19. The van der Waals surface area contributed by atoms with Gasteiger partial charge in [-0.15, -0.1) is 0 Å². The quantitative estimate of drug-likeness (QED) is 0.844. The van der Waals surface area contributed by atoms with Crippen molar-refractivity contribution >= 4 is 5.95 Å². The van der Waals surface area contributed by atoms with Crippen molar-refractivity contribution in [3.63, 3.8) is 0 Å². The van der Waals surface area contributed by atoms with Crippen LogP contribution in [0, 0.1) is 11.3 Å². The number of ether oxygens (including phenoxy) is 1. The second-order valence-electron chi connectivity index (χ2n) is 4.49. The van der Waals surface area contributed by atoms with Crippen molar-refractivity contribution in [1.29, 1.82) is 5.26 Å². The molecule has 1 fully saturated rings. The molecule has 1 aliphatic heterocycles. The first-order chi connectivity index (χ1) is 9.88. The van der Waals surface area contributed by atoms with Gasteiger partial charge in [-0.25, -0.2) is 0 Å². The number of hydrogen-bond acceptors (Lipinski definition) is 6. The first kappa shape index (κ1) is 12.6. The van der Waals surface area contributed by atoms with Gasteiger partial charge in [0.15, 0.2) is 0 Å². The summed E-state index contributed by atoms with van der Waals surface area (Å²) in [5, 5.41) is 12.9. The predicted octanol–water partition coefficient (Wildman–Crippen LogP) is 1.64. The third-order valence-corrected chi connectivity index (χ3v) is 3.23. The van der Waals surface area contributed by atoms with E-state index in [0.29, 0.717) is 31.5 Å². The van der Waals surface area contributed by atoms with E-state index in [9.17, 15) is 0 Å². The number of aromatic nitrogens is 2. The Bertz CT molecular complexity index is 626. The van der Waals surface area contributed by atoms with E-state index in [1.54, 1.807) is 0 Å². The topological polar surface area (TPSA) is 75.2 Å². The Kier molecular flexibility index (Phi) is 3.61. The van der Waals surface area contributed by atoms with Gasteiger partial charge in [-0.2, -0.15) is 10.2 Å². The Hall–Kier alpha value is -2.39. The zero-order valence-corrected chi connectivity index (χ0v) is 11.0. The van der Waals surface area contributed by atoms with E-state index in [1.165, 1.54) is 0 Å². The lowest BCUT2D eigenvalue weighted by molar-refractivity contribution is 0.121. The maximum absolute atomic E-state index is 8.86. The minimum atomic E-state index is 0.325. The highest BCUT2D eigenvalue weighted by atomic mass is 16.5. The van der Waals surface area contributed by atoms with Crippen molar-refractivity contribution in [3.05, 3.63) is 29.8 Å². The molecule has 20 heavy (non-hydrogen) atoms. The summed E-state index contributed by atoms with van der Waals surface area (Å²) in [5.74, 6) is 1.03. The lowest BCUT2D eigenvalue weighted by Crippen LogP contribution is -2.36. The minimum absolute atomic E-state index is 0.325. The molecule has 1 aromatic carbocycles. The highest BCUT2D eigenvalue weighted by Crippen LogP contribution is 2.24. The number of nitriles is 1. The normalized spacial score (nSPS) is 15.1. The molecule has 1 aromatic heterocycles. The Balaban J connectivity index is 1.88. The highest BCUT2D eigenvalue weighted by Gasteiger charge is 2.18. The molecule has 0 aliphatic carbocycles. The lowest BCUT2D eigenvalue weighted by atomic mass is 10.1. The van der Waals surface area contributed by atoms with Gasteiger partial charge < -0.3 is 14.2 Å². The molecule has 0 atom stereocenters. The molecule has 0 amide bonds. The Morgan fingerprint density at radius 2 is 2.05 bits per heavy atom. The Morgan fingerprint density at radius 1 is 1.25 bits per heavy atom. The molecule has 0 bridgehead atoms. The lowest BCUT2D eigenvalue weighted by Gasteiger charge is -2.24. The molecule has 0 unspecified atom stereocenters. The molecule has 1 aliphatic rings. The molecule has 3 rings (SSSR count). The van der Waals surface area contributed by atoms with Crippen LogP contribution in [0.3, 0.4) is 0 Å². The van der Waals surface area contributed by atoms with Crippen LogP contribution in [0.25, 0.3) is 11.5 Å². The Morgan fingerprint density at radius 3 is 2.85 bits per heavy atom. The number of hydrogen-bond donors (Lipinski definition) is 0. The van der Waals surface area contributed by atoms with Gasteiger partial charge in [0.05, 0.1) is 25.7 Å². The monoisotopic (exact) mass is 270 g/mol. The molecular weight excluding hydrogens is 256 g/mol. The van der Waals surface area contributed by atoms with E-state index in [0.717, 1.165) is 24.2 Å². The molecule has 2 heterocycles. The molecule has 2 aromatic rings. The van der Waals surface area contributed by atoms with Crippen LogP contribution in [0.5, 0.6) is 0 Å². The van der Waals surface area contributed by atoms with Gasteiger partial charge in [0.1, 0.15) is 0 Å². The molecule has 1 saturated heterocycles. The van der Waals surface area contributed by atoms with Crippen molar-refractivity contribution in [3.8, 4) is 17.5 Å². The van der Waals surface area contributed by atoms with Crippen LogP contribution in [0.15, 0.2) is 28.8 Å². The summed E-state index contributed by atoms with van der Waals surface area (Å²) in [5.41, 5.74) is 1.72. The summed E-state index contributed by atoms with van der Waals surface area (Å²) < 4.78 is 10.6. The number of morpholine rings is 1. The molecule has 6 nitrogen and oxygen atoms in total. The van der Waals surface area contributed by atoms with Crippen molar-refractivity contribution in [1.82, 2.24) is 10.1 Å². The van der Waals surface area contributed by atoms with Crippen LogP contribution in [-0.2, 0) is 11.2 Å². The van der Waals surface area contributed by atoms with Crippen molar-refractivity contribution in [2.45, 2.75) is 6.42 Å². The van der Waals surface area contributed by atoms with Gasteiger partial charge in [-0.05, 0) is 16.8 Å². The van der Waals surface area contributed by atoms with Crippen LogP contribution in [0.2, 0.25) is 0 Å². The van der Waals surface area contributed by atoms with Crippen LogP contribution >= 0.6 is 0 Å². The van der Waals surface area contributed by atoms with E-state index in [-0.39, 0.29) is 0 Å². The summed E-state index contributed by atoms with van der Waals surface area (Å²) in [6.45, 7) is 2.88. The third-order valence-electron chi connectivity index (χ3n) is 3.23. The molecule has 0 N–H and O–H groups in total. The third kappa shape index (κ3) is 2.49. The average Bonchev–Trinajstić information content (AvgIpc) is 2.99. The first-order valence-corrected chi connectivity index (χ1v) is 6.50. The second-order valence-corrected chi connectivity index (χ2v) is 4.49. The SMILES string of the molecule is N#CCc1ccccc1-c1nc(N2CCOCC2)no1. The fourth-order valence-corrected chi connectivity index (χ4v) is 2.19. The van der Waals surface area contributed by atoms with Crippen molar-refractivity contribution in [2.24, 2.45) is 0 Å². The average molecular weight is 270 g/mol. The molecule has 6 heteroatoms. The summed E-state index contributed by atoms with van der Waals surface area (Å²) >= 11 is 0. The Labute approximate surface area is 116 Å². The van der Waals surface area contributed by atoms with Crippen LogP contribution in [0.1, 0.15) is 5.56 Å². The molecular formula is C14H14N4O2. The number of benzene rings is 1. The fraction of sp³-hybridized carbons (Fsp3) is 0.357. The summed E-state index contributed by atoms with van der Waals surface area (Å²) in [4.78, 5) is 6.46. The maximum atomic E-state index is 8.86. The summed E-state index contributed by atoms with van der Waals surface area (Å²) in [6.07, 6.45) is 0.325. The molecule has 0 radical (unpaired) electrons. The van der Waals surface area contributed by atoms with Gasteiger partial charge in [0.25, 0.3) is 11.8 Å². The number of anilines is 1. The van der Waals surface area contributed by atoms with E-state index >= 15 is 0 Å². The maximum Gasteiger partial charge on any atom is 0.266 e. The van der Waals surface area contributed by atoms with Gasteiger partial charge in [0.2, 0.25) is 0 Å². The van der Waals surface area contributed by atoms with Crippen LogP contribution in [-0.4, -0.2) is 36.4 Å². The molecule has 0 spiro atoms. The van der Waals surface area contributed by atoms with E-state index in [4.69, 9.17) is 14.5 Å². The van der Waals surface area contributed by atoms with Crippen LogP contribution in [0.4, 0.5) is 5.95 Å². The van der Waals surface area contributed by atoms with E-state index in [2.05, 4.69) is 16.2 Å². The van der Waals surface area contributed by atoms with Gasteiger partial charge >= 0.3 is 0 Å². The van der Waals surface area contributed by atoms with Crippen molar-refractivity contribution in [2.75, 3.05) is 31.2 Å². The van der Waals surface area contributed by atoms with Gasteiger partial charge in [-0.1, -0.05) is 18.2 Å². The summed E-state index contributed by atoms with van der Waals surface area (Å²) in [6, 6.07) is 9.74. The molecule has 102 valence electrons. The van der Waals surface area contributed by atoms with Gasteiger partial charge in [-0.3, -0.25) is 0 Å². The second kappa shape index (κ2) is 5.72. The smallest absolute Gasteiger partial charge is 0.266 e. The zero-order valence-electron chi connectivity index (χ0n) is 11.0. The van der Waals surface area contributed by atoms with E-state index < -0.39 is 0 Å². The number of rotatable bonds is 3. The van der Waals surface area contributed by atoms with E-state index in [1.807, 2.05) is 29.2 Å². The van der Waals surface area contributed by atoms with Gasteiger partial charge in [0, 0.05) is 18.7 Å². The van der Waals surface area contributed by atoms with Crippen LogP contribution < -0.4 is 4.90 Å². The standard InChI is InChI=1S/C14H14N4O2/c15-6-5-11-3-1-2-4-12(11)13-16-14(17-20-13)18-7-9-19-10-8-18/h1-4H,5,7-10H2. The minimum Gasteiger partial charge on any atom is -0.378 e. The summed E-state index contributed by atoms with van der Waals surface area (Å²) in [7, 11) is 0. The zero-order chi connectivity index (χ0) is 13.8. The number of nitrogens with zero attached hydrogens (tertiary/aromatic N) is 4. The molecule has 0 saturated carbocycles. The predicted molar refractivity (Wildman–Crippen MR) is 72.1 cm³/mol. The van der Waals surface area contributed by atoms with Crippen molar-refractivity contribution < 1.29 is 9.26 Å². The highest BCUT2D eigenvalue weighted by molar-refractivity contribution is 5.60. The first-order valence-electron chi connectivity index (χ1n) is 6.50. The largest absolute Gasteiger partial charge is 0.378 e.